The summed E-state index contributed by atoms with van der Waals surface area (Å²) < 4.78 is 29.5. The summed E-state index contributed by atoms with van der Waals surface area (Å²) in [5, 5.41) is 23.6. The molecule has 0 spiro atoms. The van der Waals surface area contributed by atoms with Gasteiger partial charge in [0.1, 0.15) is 11.6 Å². The maximum atomic E-state index is 14.7. The maximum absolute atomic E-state index is 14.7. The SMILES string of the molecule is CC(=O)NC1C(C)CN(c2ccncc2Nc2ncc(/C=C\C(=N)c3c(F)cc(C(C)(C)C#N)cc3F)[nH]2)CC1N. The quantitative estimate of drug-likeness (QED) is 0.260. The second-order valence-corrected chi connectivity index (χ2v) is 10.8. The largest absolute Gasteiger partial charge is 0.368 e. The van der Waals surface area contributed by atoms with Gasteiger partial charge in [0.25, 0.3) is 0 Å². The van der Waals surface area contributed by atoms with Crippen LogP contribution in [0.1, 0.15) is 44.5 Å². The molecule has 1 amide bonds. The number of piperidine rings is 1. The summed E-state index contributed by atoms with van der Waals surface area (Å²) in [5.41, 5.74) is 6.74. The Bertz CT molecular complexity index is 1490. The molecule has 6 N–H and O–H groups in total. The zero-order chi connectivity index (χ0) is 29.9. The van der Waals surface area contributed by atoms with Crippen LogP contribution in [-0.4, -0.2) is 51.7 Å². The first-order valence-corrected chi connectivity index (χ1v) is 13.1. The lowest BCUT2D eigenvalue weighted by molar-refractivity contribution is -0.120. The van der Waals surface area contributed by atoms with E-state index in [1.807, 2.05) is 19.1 Å². The van der Waals surface area contributed by atoms with Crippen molar-refractivity contribution in [1.29, 1.82) is 10.7 Å². The van der Waals surface area contributed by atoms with Crippen molar-refractivity contribution in [2.75, 3.05) is 23.3 Å². The van der Waals surface area contributed by atoms with Crippen LogP contribution in [0.3, 0.4) is 0 Å². The average molecular weight is 562 g/mol. The van der Waals surface area contributed by atoms with Crippen LogP contribution in [0.2, 0.25) is 0 Å². The van der Waals surface area contributed by atoms with Gasteiger partial charge in [0, 0.05) is 38.3 Å². The van der Waals surface area contributed by atoms with Crippen molar-refractivity contribution in [3.8, 4) is 6.07 Å². The van der Waals surface area contributed by atoms with Crippen molar-refractivity contribution in [1.82, 2.24) is 20.3 Å². The molecule has 41 heavy (non-hydrogen) atoms. The molecule has 4 rings (SSSR count). The molecule has 3 heterocycles. The number of halogens is 2. The van der Waals surface area contributed by atoms with E-state index in [2.05, 4.69) is 30.5 Å². The van der Waals surface area contributed by atoms with Crippen molar-refractivity contribution in [2.24, 2.45) is 11.7 Å². The third kappa shape index (κ3) is 6.58. The van der Waals surface area contributed by atoms with Crippen molar-refractivity contribution in [3.63, 3.8) is 0 Å². The highest BCUT2D eigenvalue weighted by Gasteiger charge is 2.34. The van der Waals surface area contributed by atoms with Gasteiger partial charge in [0.05, 0.1) is 52.2 Å². The van der Waals surface area contributed by atoms with Gasteiger partial charge in [-0.2, -0.15) is 5.26 Å². The topological polar surface area (TPSA) is 160 Å². The Hall–Kier alpha value is -4.63. The summed E-state index contributed by atoms with van der Waals surface area (Å²) in [7, 11) is 0. The second-order valence-electron chi connectivity index (χ2n) is 10.8. The molecule has 1 fully saturated rings. The minimum Gasteiger partial charge on any atom is -0.368 e. The summed E-state index contributed by atoms with van der Waals surface area (Å²) >= 11 is 0. The molecule has 0 bridgehead atoms. The molecule has 1 saturated heterocycles. The van der Waals surface area contributed by atoms with Gasteiger partial charge >= 0.3 is 0 Å². The van der Waals surface area contributed by atoms with E-state index >= 15 is 0 Å². The highest BCUT2D eigenvalue weighted by Crippen LogP contribution is 2.31. The van der Waals surface area contributed by atoms with E-state index in [-0.39, 0.29) is 35.2 Å². The number of carbonyl (C=O) groups is 1. The predicted molar refractivity (Wildman–Crippen MR) is 154 cm³/mol. The van der Waals surface area contributed by atoms with Crippen LogP contribution in [0.15, 0.2) is 42.9 Å². The lowest BCUT2D eigenvalue weighted by Crippen LogP contribution is -2.61. The Morgan fingerprint density at radius 1 is 1.29 bits per heavy atom. The number of amides is 1. The number of rotatable bonds is 8. The minimum absolute atomic E-state index is 0.109. The summed E-state index contributed by atoms with van der Waals surface area (Å²) in [6.07, 6.45) is 7.63. The first-order valence-electron chi connectivity index (χ1n) is 13.1. The average Bonchev–Trinajstić information content (AvgIpc) is 3.36. The number of hydrogen-bond donors (Lipinski definition) is 5. The van der Waals surface area contributed by atoms with Crippen LogP contribution >= 0.6 is 0 Å². The third-order valence-corrected chi connectivity index (χ3v) is 7.11. The number of nitriles is 1. The zero-order valence-corrected chi connectivity index (χ0v) is 23.3. The van der Waals surface area contributed by atoms with E-state index in [0.717, 1.165) is 17.8 Å². The Labute approximate surface area is 237 Å². The minimum atomic E-state index is -1.07. The number of H-pyrrole nitrogens is 1. The van der Waals surface area contributed by atoms with E-state index in [4.69, 9.17) is 11.1 Å². The van der Waals surface area contributed by atoms with Gasteiger partial charge in [-0.15, -0.1) is 0 Å². The lowest BCUT2D eigenvalue weighted by Gasteiger charge is -2.42. The van der Waals surface area contributed by atoms with Gasteiger partial charge in [-0.3, -0.25) is 9.78 Å². The normalized spacial score (nSPS) is 19.2. The number of imidazole rings is 1. The second kappa shape index (κ2) is 11.9. The van der Waals surface area contributed by atoms with Crippen molar-refractivity contribution < 1.29 is 13.6 Å². The van der Waals surface area contributed by atoms with Crippen LogP contribution in [0.25, 0.3) is 6.08 Å². The molecule has 0 aliphatic carbocycles. The van der Waals surface area contributed by atoms with E-state index in [9.17, 15) is 18.8 Å². The van der Waals surface area contributed by atoms with Gasteiger partial charge in [0.2, 0.25) is 11.9 Å². The number of allylic oxidation sites excluding steroid dienone is 1. The molecular formula is C29H33F2N9O. The van der Waals surface area contributed by atoms with E-state index in [1.165, 1.54) is 25.3 Å². The summed E-state index contributed by atoms with van der Waals surface area (Å²) in [5.74, 6) is -1.42. The van der Waals surface area contributed by atoms with Crippen LogP contribution < -0.4 is 21.3 Å². The molecule has 0 saturated carbocycles. The molecule has 10 nitrogen and oxygen atoms in total. The van der Waals surface area contributed by atoms with Crippen molar-refractivity contribution in [3.05, 3.63) is 71.3 Å². The number of benzene rings is 1. The number of anilines is 3. The zero-order valence-electron chi connectivity index (χ0n) is 23.3. The fourth-order valence-corrected chi connectivity index (χ4v) is 4.89. The number of pyridine rings is 1. The molecule has 1 aliphatic rings. The molecule has 1 aromatic carbocycles. The smallest absolute Gasteiger partial charge is 0.217 e. The number of nitrogens with one attached hydrogen (secondary N) is 4. The first kappa shape index (κ1) is 29.4. The maximum Gasteiger partial charge on any atom is 0.217 e. The van der Waals surface area contributed by atoms with E-state index < -0.39 is 22.6 Å². The summed E-state index contributed by atoms with van der Waals surface area (Å²) in [4.78, 5) is 25.3. The van der Waals surface area contributed by atoms with E-state index in [1.54, 1.807) is 26.2 Å². The van der Waals surface area contributed by atoms with Crippen molar-refractivity contribution in [2.45, 2.75) is 45.2 Å². The Kier molecular flexibility index (Phi) is 8.49. The van der Waals surface area contributed by atoms with Crippen LogP contribution in [0, 0.1) is 34.3 Å². The number of carbonyl (C=O) groups excluding carboxylic acids is 1. The fraction of sp³-hybridized carbons (Fsp3) is 0.345. The lowest BCUT2D eigenvalue weighted by atomic mass is 9.85. The third-order valence-electron chi connectivity index (χ3n) is 7.11. The monoisotopic (exact) mass is 561 g/mol. The molecule has 3 atom stereocenters. The highest BCUT2D eigenvalue weighted by atomic mass is 19.1. The summed E-state index contributed by atoms with van der Waals surface area (Å²) in [6, 6.07) is 5.68. The van der Waals surface area contributed by atoms with Crippen LogP contribution in [0.5, 0.6) is 0 Å². The van der Waals surface area contributed by atoms with Gasteiger partial charge < -0.3 is 31.7 Å². The molecule has 12 heteroatoms. The van der Waals surface area contributed by atoms with E-state index in [0.29, 0.717) is 30.4 Å². The molecule has 0 radical (unpaired) electrons. The van der Waals surface area contributed by atoms with Crippen LogP contribution in [-0.2, 0) is 10.2 Å². The van der Waals surface area contributed by atoms with Gasteiger partial charge in [-0.05, 0) is 55.7 Å². The number of aromatic nitrogens is 3. The van der Waals surface area contributed by atoms with Gasteiger partial charge in [-0.25, -0.2) is 13.8 Å². The van der Waals surface area contributed by atoms with Crippen molar-refractivity contribution >= 4 is 35.0 Å². The standard InChI is InChI=1S/C29H33F2N9O/c1-16-13-40(14-23(34)27(16)37-17(2)41)25-7-8-35-12-24(25)39-28-36-11-19(38-28)5-6-22(33)26-20(30)9-18(10-21(26)31)29(3,4)15-32/h5-12,16,23,27,33H,13-14,34H2,1-4H3,(H,37,41)(H2,36,38,39)/b6-5-,33-22?. The number of hydrogen-bond acceptors (Lipinski definition) is 8. The number of nitrogens with two attached hydrogens (primary N) is 1. The first-order chi connectivity index (χ1) is 19.4. The predicted octanol–water partition coefficient (Wildman–Crippen LogP) is 4.00. The Balaban J connectivity index is 1.47. The Morgan fingerprint density at radius 3 is 2.63 bits per heavy atom. The molecular weight excluding hydrogens is 528 g/mol. The molecule has 2 aromatic heterocycles. The number of aromatic amines is 1. The molecule has 1 aliphatic heterocycles. The molecule has 214 valence electrons. The molecule has 3 unspecified atom stereocenters. The number of nitrogens with zero attached hydrogens (tertiary/aromatic N) is 4. The van der Waals surface area contributed by atoms with Crippen LogP contribution in [0.4, 0.5) is 26.1 Å². The molecule has 3 aromatic rings. The fourth-order valence-electron chi connectivity index (χ4n) is 4.89. The Morgan fingerprint density at radius 2 is 2.00 bits per heavy atom. The highest BCUT2D eigenvalue weighted by molar-refractivity contribution is 6.09. The van der Waals surface area contributed by atoms with Gasteiger partial charge in [0.15, 0.2) is 0 Å². The summed E-state index contributed by atoms with van der Waals surface area (Å²) in [6.45, 7) is 7.87. The van der Waals surface area contributed by atoms with Gasteiger partial charge in [-0.1, -0.05) is 6.92 Å².